The van der Waals surface area contributed by atoms with Gasteiger partial charge in [0.05, 0.1) is 20.0 Å². The highest BCUT2D eigenvalue weighted by atomic mass is 19.1. The number of rotatable bonds is 6. The Bertz CT molecular complexity index is 1040. The highest BCUT2D eigenvalue weighted by molar-refractivity contribution is 5.78. The lowest BCUT2D eigenvalue weighted by Gasteiger charge is -2.27. The maximum absolute atomic E-state index is 13.1. The third-order valence-corrected chi connectivity index (χ3v) is 5.13. The summed E-state index contributed by atoms with van der Waals surface area (Å²) in [5, 5.41) is 33.5. The molecule has 1 aliphatic rings. The largest absolute Gasteiger partial charge is 0.479 e. The minimum Gasteiger partial charge on any atom is -0.479 e. The molecule has 0 saturated carbocycles. The molecule has 30 heavy (non-hydrogen) atoms. The number of ether oxygens (including phenoxy) is 2. The SMILES string of the molecule is COc1nc(NCc2ccc(F)cc2)nc2c1ncn2C1OC(CO)C(O)C1(C)O. The minimum absolute atomic E-state index is 0.206. The Kier molecular flexibility index (Phi) is 5.28. The molecule has 0 spiro atoms. The summed E-state index contributed by atoms with van der Waals surface area (Å²) in [5.74, 6) is 0.105. The Balaban J connectivity index is 1.69. The first kappa shape index (κ1) is 20.4. The van der Waals surface area contributed by atoms with Crippen molar-refractivity contribution in [3.8, 4) is 5.88 Å². The molecule has 2 aromatic heterocycles. The topological polar surface area (TPSA) is 135 Å². The van der Waals surface area contributed by atoms with Crippen molar-refractivity contribution in [2.75, 3.05) is 19.0 Å². The number of halogens is 1. The molecular weight excluding hydrogens is 397 g/mol. The van der Waals surface area contributed by atoms with Crippen LogP contribution in [0.5, 0.6) is 5.88 Å². The number of methoxy groups -OCH3 is 1. The highest BCUT2D eigenvalue weighted by Gasteiger charge is 2.53. The van der Waals surface area contributed by atoms with Gasteiger partial charge >= 0.3 is 0 Å². The zero-order chi connectivity index (χ0) is 21.5. The molecular formula is C19H22FN5O5. The number of anilines is 1. The predicted octanol–water partition coefficient (Wildman–Crippen LogP) is 0.588. The van der Waals surface area contributed by atoms with Gasteiger partial charge in [-0.25, -0.2) is 9.37 Å². The summed E-state index contributed by atoms with van der Waals surface area (Å²) in [5.41, 5.74) is -0.227. The lowest BCUT2D eigenvalue weighted by molar-refractivity contribution is -0.0950. The van der Waals surface area contributed by atoms with Gasteiger partial charge in [-0.2, -0.15) is 9.97 Å². The van der Waals surface area contributed by atoms with Gasteiger partial charge in [-0.15, -0.1) is 0 Å². The van der Waals surface area contributed by atoms with Gasteiger partial charge in [0.25, 0.3) is 0 Å². The third-order valence-electron chi connectivity index (χ3n) is 5.13. The van der Waals surface area contributed by atoms with E-state index in [1.807, 2.05) is 0 Å². The molecule has 4 atom stereocenters. The van der Waals surface area contributed by atoms with Gasteiger partial charge in [0.1, 0.15) is 23.6 Å². The first-order chi connectivity index (χ1) is 14.3. The summed E-state index contributed by atoms with van der Waals surface area (Å²) >= 11 is 0. The van der Waals surface area contributed by atoms with E-state index >= 15 is 0 Å². The molecule has 0 amide bonds. The Morgan fingerprint density at radius 2 is 2.03 bits per heavy atom. The Hall–Kier alpha value is -2.86. The van der Waals surface area contributed by atoms with Crippen LogP contribution in [0.25, 0.3) is 11.2 Å². The molecule has 0 aliphatic carbocycles. The fourth-order valence-corrected chi connectivity index (χ4v) is 3.46. The van der Waals surface area contributed by atoms with E-state index in [-0.39, 0.29) is 17.6 Å². The lowest BCUT2D eigenvalue weighted by Crippen LogP contribution is -2.44. The average Bonchev–Trinajstić information content (AvgIpc) is 3.25. The van der Waals surface area contributed by atoms with Crippen LogP contribution in [0.15, 0.2) is 30.6 Å². The number of fused-ring (bicyclic) bond motifs is 1. The molecule has 0 radical (unpaired) electrons. The molecule has 4 rings (SSSR count). The number of aliphatic hydroxyl groups is 3. The molecule has 1 aliphatic heterocycles. The number of benzene rings is 1. The smallest absolute Gasteiger partial charge is 0.246 e. The lowest BCUT2D eigenvalue weighted by atomic mass is 9.96. The first-order valence-electron chi connectivity index (χ1n) is 9.28. The summed E-state index contributed by atoms with van der Waals surface area (Å²) in [7, 11) is 1.44. The zero-order valence-corrected chi connectivity index (χ0v) is 16.4. The molecule has 1 fully saturated rings. The van der Waals surface area contributed by atoms with E-state index < -0.39 is 30.6 Å². The fourth-order valence-electron chi connectivity index (χ4n) is 3.46. The molecule has 1 aromatic carbocycles. The van der Waals surface area contributed by atoms with E-state index in [0.29, 0.717) is 17.7 Å². The second-order valence-electron chi connectivity index (χ2n) is 7.24. The minimum atomic E-state index is -1.69. The summed E-state index contributed by atoms with van der Waals surface area (Å²) in [4.78, 5) is 13.0. The van der Waals surface area contributed by atoms with Crippen molar-refractivity contribution in [3.05, 3.63) is 42.0 Å². The van der Waals surface area contributed by atoms with E-state index in [9.17, 15) is 19.7 Å². The third kappa shape index (κ3) is 3.45. The van der Waals surface area contributed by atoms with Crippen molar-refractivity contribution < 1.29 is 29.2 Å². The second-order valence-corrected chi connectivity index (χ2v) is 7.24. The molecule has 3 heterocycles. The molecule has 3 aromatic rings. The maximum atomic E-state index is 13.1. The number of imidazole rings is 1. The number of aromatic nitrogens is 4. The van der Waals surface area contributed by atoms with Crippen LogP contribution in [0.3, 0.4) is 0 Å². The number of nitrogens with zero attached hydrogens (tertiary/aromatic N) is 4. The predicted molar refractivity (Wildman–Crippen MR) is 103 cm³/mol. The normalized spacial score (nSPS) is 26.3. The van der Waals surface area contributed by atoms with E-state index in [1.165, 1.54) is 37.1 Å². The zero-order valence-electron chi connectivity index (χ0n) is 16.4. The Morgan fingerprint density at radius 1 is 1.30 bits per heavy atom. The van der Waals surface area contributed by atoms with Gasteiger partial charge in [-0.05, 0) is 24.6 Å². The van der Waals surface area contributed by atoms with Gasteiger partial charge in [0.2, 0.25) is 11.8 Å². The van der Waals surface area contributed by atoms with Gasteiger partial charge in [0.15, 0.2) is 17.4 Å². The number of hydrogen-bond donors (Lipinski definition) is 4. The van der Waals surface area contributed by atoms with Crippen LogP contribution in [0.4, 0.5) is 10.3 Å². The van der Waals surface area contributed by atoms with Crippen molar-refractivity contribution in [2.45, 2.75) is 37.5 Å². The molecule has 0 bridgehead atoms. The number of nitrogens with one attached hydrogen (secondary N) is 1. The van der Waals surface area contributed by atoms with Crippen LogP contribution in [-0.2, 0) is 11.3 Å². The fraction of sp³-hybridized carbons (Fsp3) is 0.421. The summed E-state index contributed by atoms with van der Waals surface area (Å²) in [6, 6.07) is 6.00. The van der Waals surface area contributed by atoms with Crippen LogP contribution in [0.1, 0.15) is 18.7 Å². The number of aliphatic hydroxyl groups excluding tert-OH is 2. The summed E-state index contributed by atoms with van der Waals surface area (Å²) in [6.45, 7) is 1.30. The summed E-state index contributed by atoms with van der Waals surface area (Å²) < 4.78 is 25.5. The van der Waals surface area contributed by atoms with E-state index in [4.69, 9.17) is 9.47 Å². The van der Waals surface area contributed by atoms with E-state index in [0.717, 1.165) is 5.56 Å². The van der Waals surface area contributed by atoms with Gasteiger partial charge in [-0.3, -0.25) is 4.57 Å². The van der Waals surface area contributed by atoms with Crippen LogP contribution >= 0.6 is 0 Å². The quantitative estimate of drug-likeness (QED) is 0.453. The second kappa shape index (κ2) is 7.76. The van der Waals surface area contributed by atoms with Crippen LogP contribution in [-0.4, -0.2) is 66.4 Å². The number of hydrogen-bond acceptors (Lipinski definition) is 9. The highest BCUT2D eigenvalue weighted by Crippen LogP contribution is 2.40. The first-order valence-corrected chi connectivity index (χ1v) is 9.28. The molecule has 4 N–H and O–H groups in total. The molecule has 10 nitrogen and oxygen atoms in total. The standard InChI is InChI=1S/C19H22FN5O5/c1-19(28)14(27)12(8-26)30-17(19)25-9-22-13-15(25)23-18(24-16(13)29-2)21-7-10-3-5-11(20)6-4-10/h3-6,9,12,14,17,26-28H,7-8H2,1-2H3,(H,21,23,24). The van der Waals surface area contributed by atoms with Crippen molar-refractivity contribution in [1.82, 2.24) is 19.5 Å². The van der Waals surface area contributed by atoms with Crippen molar-refractivity contribution in [1.29, 1.82) is 0 Å². The van der Waals surface area contributed by atoms with Crippen molar-refractivity contribution in [3.63, 3.8) is 0 Å². The molecule has 4 unspecified atom stereocenters. The van der Waals surface area contributed by atoms with Crippen LogP contribution in [0.2, 0.25) is 0 Å². The monoisotopic (exact) mass is 419 g/mol. The average molecular weight is 419 g/mol. The van der Waals surface area contributed by atoms with Gasteiger partial charge < -0.3 is 30.1 Å². The van der Waals surface area contributed by atoms with Crippen molar-refractivity contribution >= 4 is 17.1 Å². The van der Waals surface area contributed by atoms with Gasteiger partial charge in [0, 0.05) is 6.54 Å². The summed E-state index contributed by atoms with van der Waals surface area (Å²) in [6.07, 6.45) is -1.90. The molecule has 11 heteroatoms. The van der Waals surface area contributed by atoms with Crippen LogP contribution < -0.4 is 10.1 Å². The molecule has 1 saturated heterocycles. The Labute approximate surface area is 170 Å². The molecule has 160 valence electrons. The maximum Gasteiger partial charge on any atom is 0.246 e. The Morgan fingerprint density at radius 3 is 2.67 bits per heavy atom. The van der Waals surface area contributed by atoms with Crippen LogP contribution in [0, 0.1) is 5.82 Å². The van der Waals surface area contributed by atoms with Crippen molar-refractivity contribution in [2.24, 2.45) is 0 Å². The van der Waals surface area contributed by atoms with Gasteiger partial charge in [-0.1, -0.05) is 12.1 Å². The van der Waals surface area contributed by atoms with E-state index in [2.05, 4.69) is 20.3 Å². The van der Waals surface area contributed by atoms with E-state index in [1.54, 1.807) is 12.1 Å².